The number of ether oxygens (including phenoxy) is 1. The van der Waals surface area contributed by atoms with E-state index < -0.39 is 0 Å². The summed E-state index contributed by atoms with van der Waals surface area (Å²) >= 11 is 0. The minimum Gasteiger partial charge on any atom is -0.493 e. The molecule has 0 unspecified atom stereocenters. The Kier molecular flexibility index (Phi) is 6.50. The highest BCUT2D eigenvalue weighted by Crippen LogP contribution is 2.12. The molecule has 21 heavy (non-hydrogen) atoms. The van der Waals surface area contributed by atoms with Crippen molar-refractivity contribution in [1.82, 2.24) is 15.5 Å². The summed E-state index contributed by atoms with van der Waals surface area (Å²) in [5.41, 5.74) is 1.16. The molecule has 0 aromatic heterocycles. The molecule has 1 amide bonds. The fraction of sp³-hybridized carbons (Fsp3) is 0.562. The highest BCUT2D eigenvalue weighted by Gasteiger charge is 2.09. The zero-order valence-electron chi connectivity index (χ0n) is 12.7. The first-order valence-corrected chi connectivity index (χ1v) is 7.63. The van der Waals surface area contributed by atoms with Crippen LogP contribution in [0.5, 0.6) is 5.75 Å². The molecular formula is C16H25N3O2. The summed E-state index contributed by atoms with van der Waals surface area (Å²) in [5.74, 6) is 0.876. The van der Waals surface area contributed by atoms with Gasteiger partial charge < -0.3 is 15.4 Å². The summed E-state index contributed by atoms with van der Waals surface area (Å²) in [7, 11) is 0. The van der Waals surface area contributed by atoms with E-state index in [1.807, 2.05) is 31.2 Å². The first-order chi connectivity index (χ1) is 10.2. The number of hydrogen-bond acceptors (Lipinski definition) is 4. The Morgan fingerprint density at radius 3 is 2.95 bits per heavy atom. The lowest BCUT2D eigenvalue weighted by molar-refractivity contribution is -0.121. The van der Waals surface area contributed by atoms with Crippen molar-refractivity contribution < 1.29 is 9.53 Å². The molecule has 1 heterocycles. The molecule has 0 bridgehead atoms. The maximum absolute atomic E-state index is 11.7. The minimum absolute atomic E-state index is 0.0535. The zero-order valence-corrected chi connectivity index (χ0v) is 12.7. The smallest absolute Gasteiger partial charge is 0.223 e. The lowest BCUT2D eigenvalue weighted by atomic mass is 10.2. The molecule has 2 N–H and O–H groups in total. The van der Waals surface area contributed by atoms with E-state index in [9.17, 15) is 4.79 Å². The van der Waals surface area contributed by atoms with E-state index in [0.29, 0.717) is 19.6 Å². The number of hydrogen-bond donors (Lipinski definition) is 2. The molecule has 0 atom stereocenters. The zero-order chi connectivity index (χ0) is 14.9. The molecule has 1 aromatic rings. The highest BCUT2D eigenvalue weighted by molar-refractivity contribution is 5.75. The summed E-state index contributed by atoms with van der Waals surface area (Å²) in [4.78, 5) is 14.1. The van der Waals surface area contributed by atoms with Gasteiger partial charge in [-0.25, -0.2) is 0 Å². The molecule has 5 nitrogen and oxygen atoms in total. The number of carbonyl (C=O) groups excluding carboxylic acids is 1. The summed E-state index contributed by atoms with van der Waals surface area (Å²) < 4.78 is 5.57. The topological polar surface area (TPSA) is 53.6 Å². The minimum atomic E-state index is 0.0535. The quantitative estimate of drug-likeness (QED) is 0.780. The van der Waals surface area contributed by atoms with Gasteiger partial charge in [-0.2, -0.15) is 0 Å². The van der Waals surface area contributed by atoms with E-state index in [1.54, 1.807) is 0 Å². The SMILES string of the molecule is Cc1cccc(OCCC(=O)NCCN2CCNCC2)c1. The van der Waals surface area contributed by atoms with Crippen molar-refractivity contribution in [2.24, 2.45) is 0 Å². The van der Waals surface area contributed by atoms with Gasteiger partial charge in [0.1, 0.15) is 5.75 Å². The Hall–Kier alpha value is -1.59. The normalized spacial score (nSPS) is 15.7. The van der Waals surface area contributed by atoms with Crippen molar-refractivity contribution in [2.75, 3.05) is 45.9 Å². The Morgan fingerprint density at radius 1 is 1.38 bits per heavy atom. The van der Waals surface area contributed by atoms with Crippen LogP contribution in [0, 0.1) is 6.92 Å². The first-order valence-electron chi connectivity index (χ1n) is 7.63. The molecule has 1 aromatic carbocycles. The lowest BCUT2D eigenvalue weighted by Crippen LogP contribution is -2.46. The predicted octanol–water partition coefficient (Wildman–Crippen LogP) is 0.785. The maximum Gasteiger partial charge on any atom is 0.223 e. The van der Waals surface area contributed by atoms with Gasteiger partial charge in [-0.3, -0.25) is 9.69 Å². The average molecular weight is 291 g/mol. The monoisotopic (exact) mass is 291 g/mol. The number of nitrogens with one attached hydrogen (secondary N) is 2. The van der Waals surface area contributed by atoms with E-state index in [1.165, 1.54) is 0 Å². The number of aryl methyl sites for hydroxylation is 1. The van der Waals surface area contributed by atoms with Crippen LogP contribution in [0.4, 0.5) is 0 Å². The second kappa shape index (κ2) is 8.64. The van der Waals surface area contributed by atoms with Gasteiger partial charge in [0, 0.05) is 39.3 Å². The molecule has 0 aliphatic carbocycles. The molecule has 1 aliphatic rings. The van der Waals surface area contributed by atoms with Crippen molar-refractivity contribution in [3.05, 3.63) is 29.8 Å². The largest absolute Gasteiger partial charge is 0.493 e. The van der Waals surface area contributed by atoms with Crippen molar-refractivity contribution in [3.63, 3.8) is 0 Å². The molecule has 0 spiro atoms. The number of rotatable bonds is 7. The van der Waals surface area contributed by atoms with Crippen molar-refractivity contribution in [1.29, 1.82) is 0 Å². The third kappa shape index (κ3) is 6.14. The Morgan fingerprint density at radius 2 is 2.19 bits per heavy atom. The van der Waals surface area contributed by atoms with E-state index in [4.69, 9.17) is 4.74 Å². The fourth-order valence-corrected chi connectivity index (χ4v) is 2.34. The number of benzene rings is 1. The molecule has 2 rings (SSSR count). The van der Waals surface area contributed by atoms with E-state index in [2.05, 4.69) is 15.5 Å². The van der Waals surface area contributed by atoms with E-state index in [-0.39, 0.29) is 5.91 Å². The van der Waals surface area contributed by atoms with Crippen molar-refractivity contribution >= 4 is 5.91 Å². The van der Waals surface area contributed by atoms with Crippen LogP contribution >= 0.6 is 0 Å². The van der Waals surface area contributed by atoms with Gasteiger partial charge in [-0.05, 0) is 24.6 Å². The van der Waals surface area contributed by atoms with Gasteiger partial charge >= 0.3 is 0 Å². The van der Waals surface area contributed by atoms with Crippen molar-refractivity contribution in [2.45, 2.75) is 13.3 Å². The standard InChI is InChI=1S/C16H25N3O2/c1-14-3-2-4-15(13-14)21-12-5-16(20)18-8-11-19-9-6-17-7-10-19/h2-4,13,17H,5-12H2,1H3,(H,18,20). The first kappa shape index (κ1) is 15.8. The molecule has 1 aliphatic heterocycles. The number of nitrogens with zero attached hydrogens (tertiary/aromatic N) is 1. The van der Waals surface area contributed by atoms with Crippen LogP contribution in [-0.2, 0) is 4.79 Å². The predicted molar refractivity (Wildman–Crippen MR) is 83.6 cm³/mol. The van der Waals surface area contributed by atoms with Gasteiger partial charge in [0.2, 0.25) is 5.91 Å². The number of piperazine rings is 1. The van der Waals surface area contributed by atoms with Crippen LogP contribution in [0.3, 0.4) is 0 Å². The molecule has 116 valence electrons. The second-order valence-corrected chi connectivity index (χ2v) is 5.36. The third-order valence-corrected chi connectivity index (χ3v) is 3.55. The van der Waals surface area contributed by atoms with E-state index in [0.717, 1.165) is 44.0 Å². The van der Waals surface area contributed by atoms with Crippen LogP contribution < -0.4 is 15.4 Å². The Bertz CT molecular complexity index is 445. The summed E-state index contributed by atoms with van der Waals surface area (Å²) in [6, 6.07) is 7.87. The molecule has 0 saturated carbocycles. The summed E-state index contributed by atoms with van der Waals surface area (Å²) in [6.45, 7) is 8.28. The van der Waals surface area contributed by atoms with Crippen LogP contribution in [-0.4, -0.2) is 56.7 Å². The maximum atomic E-state index is 11.7. The Balaban J connectivity index is 1.55. The molecular weight excluding hydrogens is 266 g/mol. The number of carbonyl (C=O) groups is 1. The molecule has 5 heteroatoms. The molecule has 1 saturated heterocycles. The van der Waals surface area contributed by atoms with Gasteiger partial charge in [0.15, 0.2) is 0 Å². The molecule has 1 fully saturated rings. The van der Waals surface area contributed by atoms with Crippen LogP contribution in [0.2, 0.25) is 0 Å². The average Bonchev–Trinajstić information content (AvgIpc) is 2.48. The van der Waals surface area contributed by atoms with Gasteiger partial charge in [0.05, 0.1) is 13.0 Å². The Labute approximate surface area is 126 Å². The van der Waals surface area contributed by atoms with Crippen LogP contribution in [0.25, 0.3) is 0 Å². The van der Waals surface area contributed by atoms with E-state index >= 15 is 0 Å². The van der Waals surface area contributed by atoms with Crippen LogP contribution in [0.1, 0.15) is 12.0 Å². The lowest BCUT2D eigenvalue weighted by Gasteiger charge is -2.27. The fourth-order valence-electron chi connectivity index (χ4n) is 2.34. The summed E-state index contributed by atoms with van der Waals surface area (Å²) in [6.07, 6.45) is 0.398. The summed E-state index contributed by atoms with van der Waals surface area (Å²) in [5, 5.41) is 6.26. The van der Waals surface area contributed by atoms with Crippen LogP contribution in [0.15, 0.2) is 24.3 Å². The van der Waals surface area contributed by atoms with Gasteiger partial charge in [-0.15, -0.1) is 0 Å². The van der Waals surface area contributed by atoms with Gasteiger partial charge in [-0.1, -0.05) is 12.1 Å². The number of amides is 1. The highest BCUT2D eigenvalue weighted by atomic mass is 16.5. The third-order valence-electron chi connectivity index (χ3n) is 3.55. The second-order valence-electron chi connectivity index (χ2n) is 5.36. The molecule has 0 radical (unpaired) electrons. The van der Waals surface area contributed by atoms with Gasteiger partial charge in [0.25, 0.3) is 0 Å². The van der Waals surface area contributed by atoms with Crippen molar-refractivity contribution in [3.8, 4) is 5.75 Å².